The number of nitrogens with zero attached hydrogens (tertiary/aromatic N) is 1. The minimum atomic E-state index is -0.901. The predicted octanol–water partition coefficient (Wildman–Crippen LogP) is 3.25. The van der Waals surface area contributed by atoms with E-state index in [1.165, 1.54) is 23.6 Å². The Hall–Kier alpha value is -2.28. The molecule has 0 aliphatic carbocycles. The molecule has 7 heteroatoms. The minimum Gasteiger partial charge on any atom is -0.481 e. The third kappa shape index (κ3) is 5.13. The number of thiazole rings is 1. The van der Waals surface area contributed by atoms with E-state index in [0.717, 1.165) is 0 Å². The molecule has 0 saturated carbocycles. The van der Waals surface area contributed by atoms with Crippen LogP contribution in [0.2, 0.25) is 0 Å². The highest BCUT2D eigenvalue weighted by molar-refractivity contribution is 7.13. The predicted molar refractivity (Wildman–Crippen MR) is 89.7 cm³/mol. The van der Waals surface area contributed by atoms with Gasteiger partial charge in [-0.05, 0) is 31.9 Å². The maximum Gasteiger partial charge on any atom is 0.303 e. The van der Waals surface area contributed by atoms with Crippen LogP contribution in [0.25, 0.3) is 0 Å². The fraction of sp³-hybridized carbons (Fsp3) is 0.353. The van der Waals surface area contributed by atoms with Gasteiger partial charge in [0, 0.05) is 18.4 Å². The minimum absolute atomic E-state index is 0.0193. The van der Waals surface area contributed by atoms with E-state index in [2.05, 4.69) is 10.3 Å². The highest BCUT2D eigenvalue weighted by atomic mass is 32.1. The Morgan fingerprint density at radius 1 is 1.33 bits per heavy atom. The summed E-state index contributed by atoms with van der Waals surface area (Å²) < 4.78 is 13.7. The van der Waals surface area contributed by atoms with Crippen LogP contribution in [0.3, 0.4) is 0 Å². The number of carbonyl (C=O) groups excluding carboxylic acids is 1. The van der Waals surface area contributed by atoms with Gasteiger partial charge in [0.05, 0.1) is 11.2 Å². The summed E-state index contributed by atoms with van der Waals surface area (Å²) in [6, 6.07) is 6.45. The molecule has 2 aromatic rings. The summed E-state index contributed by atoms with van der Waals surface area (Å²) in [5.74, 6) is -1.50. The number of hydrogen-bond donors (Lipinski definition) is 2. The summed E-state index contributed by atoms with van der Waals surface area (Å²) in [4.78, 5) is 27.5. The zero-order valence-electron chi connectivity index (χ0n) is 13.5. The lowest BCUT2D eigenvalue weighted by Crippen LogP contribution is -2.43. The van der Waals surface area contributed by atoms with Gasteiger partial charge in [-0.25, -0.2) is 9.37 Å². The first kappa shape index (κ1) is 18.1. The van der Waals surface area contributed by atoms with Crippen molar-refractivity contribution in [1.29, 1.82) is 0 Å². The van der Waals surface area contributed by atoms with Crippen molar-refractivity contribution in [3.05, 3.63) is 51.7 Å². The standard InChI is InChI=1S/C17H19FN2O3S/c1-17(2,8-7-15(21)22)20-16(23)13-10-19-14(24-13)9-11-5-3-4-6-12(11)18/h3-6,10H,7-9H2,1-2H3,(H,20,23)(H,21,22). The Morgan fingerprint density at radius 2 is 2.04 bits per heavy atom. The SMILES string of the molecule is CC(C)(CCC(=O)O)NC(=O)c1cnc(Cc2ccccc2F)s1. The number of carbonyl (C=O) groups is 2. The average molecular weight is 350 g/mol. The normalized spacial score (nSPS) is 11.3. The molecule has 0 radical (unpaired) electrons. The maximum atomic E-state index is 13.7. The third-order valence-electron chi connectivity index (χ3n) is 3.49. The molecule has 1 aromatic heterocycles. The van der Waals surface area contributed by atoms with Gasteiger partial charge in [-0.2, -0.15) is 0 Å². The number of halogens is 1. The van der Waals surface area contributed by atoms with Crippen molar-refractivity contribution >= 4 is 23.2 Å². The van der Waals surface area contributed by atoms with Crippen LogP contribution in [-0.2, 0) is 11.2 Å². The molecule has 2 N–H and O–H groups in total. The van der Waals surface area contributed by atoms with Gasteiger partial charge in [0.1, 0.15) is 10.7 Å². The Kier molecular flexibility index (Phi) is 5.66. The van der Waals surface area contributed by atoms with E-state index in [1.54, 1.807) is 32.0 Å². The summed E-state index contributed by atoms with van der Waals surface area (Å²) >= 11 is 1.20. The molecule has 2 rings (SSSR count). The van der Waals surface area contributed by atoms with Gasteiger partial charge in [-0.3, -0.25) is 9.59 Å². The van der Waals surface area contributed by atoms with E-state index >= 15 is 0 Å². The first-order valence-corrected chi connectivity index (χ1v) is 8.31. The maximum absolute atomic E-state index is 13.7. The Morgan fingerprint density at radius 3 is 2.71 bits per heavy atom. The molecule has 128 valence electrons. The third-order valence-corrected chi connectivity index (χ3v) is 4.49. The molecule has 1 aromatic carbocycles. The summed E-state index contributed by atoms with van der Waals surface area (Å²) in [6.07, 6.45) is 2.10. The number of hydrogen-bond acceptors (Lipinski definition) is 4. The zero-order valence-corrected chi connectivity index (χ0v) is 14.3. The fourth-order valence-corrected chi connectivity index (χ4v) is 2.99. The molecule has 0 fully saturated rings. The Bertz CT molecular complexity index is 743. The molecule has 24 heavy (non-hydrogen) atoms. The van der Waals surface area contributed by atoms with Crippen LogP contribution in [0.1, 0.15) is 46.9 Å². The van der Waals surface area contributed by atoms with Crippen LogP contribution in [-0.4, -0.2) is 27.5 Å². The zero-order chi connectivity index (χ0) is 17.7. The van der Waals surface area contributed by atoms with Gasteiger partial charge in [0.2, 0.25) is 0 Å². The van der Waals surface area contributed by atoms with Crippen LogP contribution in [0, 0.1) is 5.82 Å². The second kappa shape index (κ2) is 7.53. The topological polar surface area (TPSA) is 79.3 Å². The molecular formula is C17H19FN2O3S. The van der Waals surface area contributed by atoms with Crippen molar-refractivity contribution in [2.24, 2.45) is 0 Å². The van der Waals surface area contributed by atoms with Gasteiger partial charge < -0.3 is 10.4 Å². The highest BCUT2D eigenvalue weighted by Gasteiger charge is 2.23. The van der Waals surface area contributed by atoms with Crippen LogP contribution in [0.5, 0.6) is 0 Å². The molecule has 5 nitrogen and oxygen atoms in total. The number of rotatable bonds is 7. The van der Waals surface area contributed by atoms with E-state index in [1.807, 2.05) is 0 Å². The second-order valence-corrected chi connectivity index (χ2v) is 7.23. The van der Waals surface area contributed by atoms with Crippen molar-refractivity contribution in [3.63, 3.8) is 0 Å². The monoisotopic (exact) mass is 350 g/mol. The number of aliphatic carboxylic acids is 1. The van der Waals surface area contributed by atoms with Crippen molar-refractivity contribution in [3.8, 4) is 0 Å². The van der Waals surface area contributed by atoms with Crippen molar-refractivity contribution in [1.82, 2.24) is 10.3 Å². The van der Waals surface area contributed by atoms with E-state index < -0.39 is 11.5 Å². The molecule has 0 atom stereocenters. The fourth-order valence-electron chi connectivity index (χ4n) is 2.15. The van der Waals surface area contributed by atoms with E-state index in [-0.39, 0.29) is 18.1 Å². The van der Waals surface area contributed by atoms with Crippen molar-refractivity contribution < 1.29 is 19.1 Å². The van der Waals surface area contributed by atoms with E-state index in [9.17, 15) is 14.0 Å². The highest BCUT2D eigenvalue weighted by Crippen LogP contribution is 2.20. The van der Waals surface area contributed by atoms with Gasteiger partial charge in [-0.15, -0.1) is 11.3 Å². The number of carboxylic acid groups (broad SMARTS) is 1. The number of aromatic nitrogens is 1. The summed E-state index contributed by atoms with van der Waals surface area (Å²) in [7, 11) is 0. The van der Waals surface area contributed by atoms with E-state index in [0.29, 0.717) is 28.3 Å². The molecule has 0 spiro atoms. The number of amides is 1. The molecule has 1 heterocycles. The Labute approximate surface area is 143 Å². The van der Waals surface area contributed by atoms with Crippen molar-refractivity contribution in [2.45, 2.75) is 38.6 Å². The van der Waals surface area contributed by atoms with Gasteiger partial charge >= 0.3 is 5.97 Å². The molecule has 0 unspecified atom stereocenters. The number of benzene rings is 1. The Balaban J connectivity index is 2.00. The molecule has 0 bridgehead atoms. The lowest BCUT2D eigenvalue weighted by Gasteiger charge is -2.25. The quantitative estimate of drug-likeness (QED) is 0.803. The van der Waals surface area contributed by atoms with Crippen LogP contribution in [0.15, 0.2) is 30.5 Å². The average Bonchev–Trinajstić information content (AvgIpc) is 2.96. The van der Waals surface area contributed by atoms with Crippen molar-refractivity contribution in [2.75, 3.05) is 0 Å². The van der Waals surface area contributed by atoms with Gasteiger partial charge in [0.15, 0.2) is 0 Å². The van der Waals surface area contributed by atoms with Gasteiger partial charge in [0.25, 0.3) is 5.91 Å². The molecule has 1 amide bonds. The summed E-state index contributed by atoms with van der Waals surface area (Å²) in [5.41, 5.74) is -0.105. The number of nitrogens with one attached hydrogen (secondary N) is 1. The van der Waals surface area contributed by atoms with Gasteiger partial charge in [-0.1, -0.05) is 18.2 Å². The smallest absolute Gasteiger partial charge is 0.303 e. The lowest BCUT2D eigenvalue weighted by molar-refractivity contribution is -0.137. The lowest BCUT2D eigenvalue weighted by atomic mass is 9.98. The molecule has 0 saturated heterocycles. The second-order valence-electron chi connectivity index (χ2n) is 6.12. The molecular weight excluding hydrogens is 331 g/mol. The van der Waals surface area contributed by atoms with E-state index in [4.69, 9.17) is 5.11 Å². The summed E-state index contributed by atoms with van der Waals surface area (Å²) in [5, 5.41) is 12.2. The molecule has 0 aliphatic heterocycles. The van der Waals surface area contributed by atoms with Crippen LogP contribution < -0.4 is 5.32 Å². The van der Waals surface area contributed by atoms with Crippen LogP contribution >= 0.6 is 11.3 Å². The first-order valence-electron chi connectivity index (χ1n) is 7.49. The first-order chi connectivity index (χ1) is 11.3. The largest absolute Gasteiger partial charge is 0.481 e. The molecule has 0 aliphatic rings. The number of carboxylic acids is 1. The van der Waals surface area contributed by atoms with Crippen LogP contribution in [0.4, 0.5) is 4.39 Å². The summed E-state index contributed by atoms with van der Waals surface area (Å²) in [6.45, 7) is 3.55.